The molecule has 26 heavy (non-hydrogen) atoms. The van der Waals surface area contributed by atoms with Crippen LogP contribution in [0.1, 0.15) is 83.2 Å². The second kappa shape index (κ2) is 5.57. The molecule has 4 saturated carbocycles. The fourth-order valence-corrected chi connectivity index (χ4v) is 8.16. The molecular formula is C22H34N2O2. The first kappa shape index (κ1) is 17.2. The van der Waals surface area contributed by atoms with Crippen molar-refractivity contribution in [2.24, 2.45) is 28.6 Å². The van der Waals surface area contributed by atoms with Crippen molar-refractivity contribution >= 4 is 0 Å². The number of aromatic amines is 1. The molecule has 0 radical (unpaired) electrons. The smallest absolute Gasteiger partial charge is 0.0738 e. The van der Waals surface area contributed by atoms with E-state index in [-0.39, 0.29) is 11.5 Å². The number of nitrogens with one attached hydrogen (secondary N) is 1. The molecule has 2 unspecified atom stereocenters. The Morgan fingerprint density at radius 1 is 1.04 bits per heavy atom. The minimum atomic E-state index is -0.546. The lowest BCUT2D eigenvalue weighted by Gasteiger charge is -2.63. The average molecular weight is 359 g/mol. The zero-order chi connectivity index (χ0) is 18.2. The molecule has 0 spiro atoms. The molecule has 0 saturated heterocycles. The fourth-order valence-electron chi connectivity index (χ4n) is 8.16. The van der Waals surface area contributed by atoms with Crippen molar-refractivity contribution in [1.82, 2.24) is 10.2 Å². The highest BCUT2D eigenvalue weighted by molar-refractivity contribution is 5.24. The van der Waals surface area contributed by atoms with Crippen molar-refractivity contribution in [3.8, 4) is 0 Å². The summed E-state index contributed by atoms with van der Waals surface area (Å²) in [5.74, 6) is 2.08. The van der Waals surface area contributed by atoms with Gasteiger partial charge < -0.3 is 10.2 Å². The van der Waals surface area contributed by atoms with Gasteiger partial charge in [-0.3, -0.25) is 5.10 Å². The number of rotatable bonds is 1. The largest absolute Gasteiger partial charge is 0.393 e. The molecule has 0 bridgehead atoms. The number of H-pyrrole nitrogens is 1. The summed E-state index contributed by atoms with van der Waals surface area (Å²) in [6.07, 6.45) is 11.5. The maximum atomic E-state index is 12.1. The number of aliphatic hydroxyl groups excluding tert-OH is 1. The second-order valence-electron chi connectivity index (χ2n) is 10.4. The fraction of sp³-hybridized carbons (Fsp3) is 0.864. The third kappa shape index (κ3) is 2.06. The van der Waals surface area contributed by atoms with Gasteiger partial charge in [0.1, 0.15) is 0 Å². The number of hydrogen-bond acceptors (Lipinski definition) is 3. The van der Waals surface area contributed by atoms with Crippen LogP contribution in [-0.2, 0) is 0 Å². The summed E-state index contributed by atoms with van der Waals surface area (Å²) in [5, 5.41) is 29.7. The molecule has 144 valence electrons. The standard InChI is InChI=1S/C22H34N2O2/c1-20-9-5-15(25)13-14(20)3-4-17-16(20)6-10-21(2)18(7-11-22(17,21)26)19-8-12-23-24-19/h8,12,14-18,25-26H,3-7,9-11,13H2,1-2H3,(H,23,24)/t14-,15+,16?,17?,18-,20+,21-,22+/m1/s1. The molecule has 4 heteroatoms. The van der Waals surface area contributed by atoms with E-state index in [2.05, 4.69) is 30.1 Å². The minimum Gasteiger partial charge on any atom is -0.393 e. The Kier molecular flexibility index (Phi) is 3.70. The van der Waals surface area contributed by atoms with Crippen LogP contribution in [0.25, 0.3) is 0 Å². The van der Waals surface area contributed by atoms with Crippen LogP contribution in [0.15, 0.2) is 12.3 Å². The highest BCUT2D eigenvalue weighted by Gasteiger charge is 2.67. The molecule has 1 aromatic rings. The SMILES string of the molecule is C[C@]12CC[C@H](O)C[C@H]1CCC1C2CC[C@]2(C)[C@@H](c3ccn[nH]3)CC[C@]12O. The van der Waals surface area contributed by atoms with Gasteiger partial charge in [-0.1, -0.05) is 13.8 Å². The number of aromatic nitrogens is 2. The van der Waals surface area contributed by atoms with Gasteiger partial charge in [0.15, 0.2) is 0 Å². The van der Waals surface area contributed by atoms with Crippen molar-refractivity contribution in [3.63, 3.8) is 0 Å². The lowest BCUT2D eigenvalue weighted by molar-refractivity contribution is -0.205. The molecule has 4 aliphatic carbocycles. The maximum absolute atomic E-state index is 12.1. The number of aliphatic hydroxyl groups is 2. The minimum absolute atomic E-state index is 0.0436. The van der Waals surface area contributed by atoms with E-state index in [9.17, 15) is 10.2 Å². The van der Waals surface area contributed by atoms with E-state index in [1.807, 2.05) is 6.20 Å². The molecule has 8 atom stereocenters. The van der Waals surface area contributed by atoms with Crippen LogP contribution >= 0.6 is 0 Å². The first-order valence-electron chi connectivity index (χ1n) is 10.8. The third-order valence-electron chi connectivity index (χ3n) is 9.72. The quantitative estimate of drug-likeness (QED) is 0.710. The summed E-state index contributed by atoms with van der Waals surface area (Å²) in [5.41, 5.74) is 0.932. The number of nitrogens with zero attached hydrogens (tertiary/aromatic N) is 1. The Morgan fingerprint density at radius 3 is 2.65 bits per heavy atom. The Bertz CT molecular complexity index is 676. The molecule has 1 aromatic heterocycles. The average Bonchev–Trinajstić information content (AvgIpc) is 3.21. The number of hydrogen-bond donors (Lipinski definition) is 3. The molecule has 4 fully saturated rings. The Hall–Kier alpha value is -0.870. The van der Waals surface area contributed by atoms with E-state index in [0.717, 1.165) is 44.9 Å². The van der Waals surface area contributed by atoms with Crippen molar-refractivity contribution < 1.29 is 10.2 Å². The normalized spacial score (nSPS) is 53.6. The molecule has 4 nitrogen and oxygen atoms in total. The van der Waals surface area contributed by atoms with E-state index in [0.29, 0.717) is 29.1 Å². The molecule has 0 amide bonds. The van der Waals surface area contributed by atoms with Crippen LogP contribution in [0.5, 0.6) is 0 Å². The van der Waals surface area contributed by atoms with Crippen molar-refractivity contribution in [2.75, 3.05) is 0 Å². The summed E-state index contributed by atoms with van der Waals surface area (Å²) in [6.45, 7) is 4.83. The van der Waals surface area contributed by atoms with Crippen molar-refractivity contribution in [3.05, 3.63) is 18.0 Å². The lowest BCUT2D eigenvalue weighted by Crippen LogP contribution is -2.62. The summed E-state index contributed by atoms with van der Waals surface area (Å²) in [7, 11) is 0. The Morgan fingerprint density at radius 2 is 1.88 bits per heavy atom. The first-order valence-corrected chi connectivity index (χ1v) is 10.8. The monoisotopic (exact) mass is 358 g/mol. The van der Waals surface area contributed by atoms with Gasteiger partial charge in [0.2, 0.25) is 0 Å². The highest BCUT2D eigenvalue weighted by Crippen LogP contribution is 2.70. The number of fused-ring (bicyclic) bond motifs is 5. The van der Waals surface area contributed by atoms with E-state index in [1.54, 1.807) is 0 Å². The zero-order valence-corrected chi connectivity index (χ0v) is 16.2. The van der Waals surface area contributed by atoms with Crippen LogP contribution in [0, 0.1) is 28.6 Å². The van der Waals surface area contributed by atoms with E-state index >= 15 is 0 Å². The summed E-state index contributed by atoms with van der Waals surface area (Å²) in [6, 6.07) is 2.11. The second-order valence-corrected chi connectivity index (χ2v) is 10.4. The molecule has 0 aromatic carbocycles. The van der Waals surface area contributed by atoms with Gasteiger partial charge in [0.25, 0.3) is 0 Å². The lowest BCUT2D eigenvalue weighted by atomic mass is 9.43. The van der Waals surface area contributed by atoms with Crippen molar-refractivity contribution in [2.45, 2.75) is 89.3 Å². The van der Waals surface area contributed by atoms with Crippen LogP contribution in [0.3, 0.4) is 0 Å². The zero-order valence-electron chi connectivity index (χ0n) is 16.2. The van der Waals surface area contributed by atoms with Gasteiger partial charge in [-0.25, -0.2) is 0 Å². The third-order valence-corrected chi connectivity index (χ3v) is 9.72. The molecule has 4 aliphatic rings. The molecular weight excluding hydrogens is 324 g/mol. The van der Waals surface area contributed by atoms with Gasteiger partial charge in [-0.05, 0) is 87.0 Å². The first-order chi connectivity index (χ1) is 12.4. The van der Waals surface area contributed by atoms with Gasteiger partial charge in [-0.2, -0.15) is 5.10 Å². The van der Waals surface area contributed by atoms with E-state index in [1.165, 1.54) is 18.5 Å². The van der Waals surface area contributed by atoms with Gasteiger partial charge in [0, 0.05) is 23.2 Å². The van der Waals surface area contributed by atoms with Gasteiger partial charge in [0.05, 0.1) is 11.7 Å². The molecule has 5 rings (SSSR count). The maximum Gasteiger partial charge on any atom is 0.0738 e. The van der Waals surface area contributed by atoms with Gasteiger partial charge >= 0.3 is 0 Å². The Labute approximate surface area is 156 Å². The van der Waals surface area contributed by atoms with E-state index in [4.69, 9.17) is 0 Å². The van der Waals surface area contributed by atoms with Crippen LogP contribution in [0.2, 0.25) is 0 Å². The molecule has 1 heterocycles. The summed E-state index contributed by atoms with van der Waals surface area (Å²) in [4.78, 5) is 0. The molecule has 0 aliphatic heterocycles. The van der Waals surface area contributed by atoms with Crippen LogP contribution in [-0.4, -0.2) is 32.1 Å². The van der Waals surface area contributed by atoms with Crippen LogP contribution in [0.4, 0.5) is 0 Å². The highest BCUT2D eigenvalue weighted by atomic mass is 16.3. The van der Waals surface area contributed by atoms with E-state index < -0.39 is 5.60 Å². The molecule has 3 N–H and O–H groups in total. The Balaban J connectivity index is 1.49. The van der Waals surface area contributed by atoms with Crippen molar-refractivity contribution in [1.29, 1.82) is 0 Å². The van der Waals surface area contributed by atoms with Crippen LogP contribution < -0.4 is 0 Å². The van der Waals surface area contributed by atoms with Gasteiger partial charge in [-0.15, -0.1) is 0 Å². The summed E-state index contributed by atoms with van der Waals surface area (Å²) >= 11 is 0. The predicted molar refractivity (Wildman–Crippen MR) is 101 cm³/mol. The predicted octanol–water partition coefficient (Wildman–Crippen LogP) is 4.01. The topological polar surface area (TPSA) is 69.1 Å². The summed E-state index contributed by atoms with van der Waals surface area (Å²) < 4.78 is 0.